The van der Waals surface area contributed by atoms with Gasteiger partial charge >= 0.3 is 5.97 Å². The van der Waals surface area contributed by atoms with Crippen LogP contribution in [-0.2, 0) is 28.9 Å². The van der Waals surface area contributed by atoms with Gasteiger partial charge in [0.1, 0.15) is 0 Å². The molecule has 4 aromatic rings. The lowest BCUT2D eigenvalue weighted by molar-refractivity contribution is -0.147. The van der Waals surface area contributed by atoms with Crippen LogP contribution in [0.4, 0.5) is 0 Å². The number of esters is 1. The van der Waals surface area contributed by atoms with Crippen LogP contribution in [-0.4, -0.2) is 42.6 Å². The molecule has 2 aromatic heterocycles. The van der Waals surface area contributed by atoms with Gasteiger partial charge in [0, 0.05) is 29.8 Å². The van der Waals surface area contributed by atoms with E-state index in [2.05, 4.69) is 62.6 Å². The molecule has 2 aromatic carbocycles. The molecule has 0 radical (unpaired) electrons. The van der Waals surface area contributed by atoms with Crippen molar-refractivity contribution in [2.24, 2.45) is 11.8 Å². The number of hydrogen-bond donors (Lipinski definition) is 1. The van der Waals surface area contributed by atoms with E-state index in [1.54, 1.807) is 0 Å². The van der Waals surface area contributed by atoms with Crippen molar-refractivity contribution in [2.45, 2.75) is 77.8 Å². The molecular formula is C32H38N6O3. The molecule has 3 heterocycles. The second-order valence-electron chi connectivity index (χ2n) is 11.3. The number of carbonyl (C=O) groups is 1. The van der Waals surface area contributed by atoms with Gasteiger partial charge < -0.3 is 4.74 Å². The molecule has 41 heavy (non-hydrogen) atoms. The van der Waals surface area contributed by atoms with E-state index in [9.17, 15) is 9.59 Å². The molecule has 6 rings (SSSR count). The Morgan fingerprint density at radius 1 is 1.05 bits per heavy atom. The predicted octanol–water partition coefficient (Wildman–Crippen LogP) is 5.35. The number of aromatic nitrogens is 6. The molecule has 1 fully saturated rings. The zero-order chi connectivity index (χ0) is 28.3. The second kappa shape index (κ2) is 11.8. The number of fused-ring (bicyclic) bond motifs is 1. The maximum Gasteiger partial charge on any atom is 0.308 e. The van der Waals surface area contributed by atoms with Gasteiger partial charge in [-0.15, -0.1) is 10.2 Å². The van der Waals surface area contributed by atoms with Gasteiger partial charge in [0.25, 0.3) is 5.56 Å². The number of aromatic amines is 1. The maximum absolute atomic E-state index is 13.8. The van der Waals surface area contributed by atoms with E-state index in [0.29, 0.717) is 24.8 Å². The molecule has 3 atom stereocenters. The molecule has 214 valence electrons. The van der Waals surface area contributed by atoms with E-state index in [0.717, 1.165) is 79.3 Å². The summed E-state index contributed by atoms with van der Waals surface area (Å²) in [4.78, 5) is 26.3. The molecule has 1 saturated carbocycles. The molecule has 2 aliphatic rings. The number of nitrogens with one attached hydrogen (secondary N) is 1. The van der Waals surface area contributed by atoms with Crippen molar-refractivity contribution in [3.63, 3.8) is 0 Å². The van der Waals surface area contributed by atoms with Crippen molar-refractivity contribution < 1.29 is 9.53 Å². The first-order valence-corrected chi connectivity index (χ1v) is 15.0. The summed E-state index contributed by atoms with van der Waals surface area (Å²) >= 11 is 0. The van der Waals surface area contributed by atoms with Crippen molar-refractivity contribution in [3.05, 3.63) is 75.7 Å². The van der Waals surface area contributed by atoms with E-state index in [1.165, 1.54) is 5.69 Å². The Balaban J connectivity index is 1.28. The Morgan fingerprint density at radius 2 is 1.85 bits per heavy atom. The summed E-state index contributed by atoms with van der Waals surface area (Å²) in [6.07, 6.45) is 7.25. The molecule has 0 bridgehead atoms. The van der Waals surface area contributed by atoms with Crippen LogP contribution in [0.2, 0.25) is 0 Å². The maximum atomic E-state index is 13.8. The van der Waals surface area contributed by atoms with Gasteiger partial charge in [-0.25, -0.2) is 4.68 Å². The Labute approximate surface area is 239 Å². The largest absolute Gasteiger partial charge is 0.466 e. The zero-order valence-electron chi connectivity index (χ0n) is 23.9. The summed E-state index contributed by atoms with van der Waals surface area (Å²) in [5.74, 6) is 0.875. The van der Waals surface area contributed by atoms with Crippen molar-refractivity contribution in [3.8, 4) is 22.5 Å². The number of H-pyrrole nitrogens is 1. The SMILES string of the molecule is CCCc1c(Cc2ccc(-c3ccccc3-c3nn[nH]n3)cc2)c(=O)n2n1C(C1CCC(C(=O)OCC)C1)CCC2. The van der Waals surface area contributed by atoms with E-state index >= 15 is 0 Å². The van der Waals surface area contributed by atoms with Gasteiger partial charge in [-0.05, 0) is 73.3 Å². The fourth-order valence-electron chi connectivity index (χ4n) is 6.99. The number of rotatable bonds is 9. The highest BCUT2D eigenvalue weighted by Crippen LogP contribution is 2.43. The van der Waals surface area contributed by atoms with Gasteiger partial charge in [0.05, 0.1) is 18.6 Å². The Hall–Kier alpha value is -4.01. The average molecular weight is 555 g/mol. The summed E-state index contributed by atoms with van der Waals surface area (Å²) in [6.45, 7) is 5.23. The minimum Gasteiger partial charge on any atom is -0.466 e. The Morgan fingerprint density at radius 3 is 2.59 bits per heavy atom. The van der Waals surface area contributed by atoms with E-state index in [-0.39, 0.29) is 23.5 Å². The van der Waals surface area contributed by atoms with E-state index < -0.39 is 0 Å². The molecule has 0 amide bonds. The van der Waals surface area contributed by atoms with Crippen molar-refractivity contribution in [2.75, 3.05) is 6.61 Å². The minimum atomic E-state index is -0.0615. The quantitative estimate of drug-likeness (QED) is 0.279. The van der Waals surface area contributed by atoms with Crippen LogP contribution in [0, 0.1) is 11.8 Å². The van der Waals surface area contributed by atoms with Crippen molar-refractivity contribution >= 4 is 5.97 Å². The fourth-order valence-corrected chi connectivity index (χ4v) is 6.99. The van der Waals surface area contributed by atoms with E-state index in [4.69, 9.17) is 4.74 Å². The fraction of sp³-hybridized carbons (Fsp3) is 0.469. The normalized spacial score (nSPS) is 20.2. The third-order valence-electron chi connectivity index (χ3n) is 8.84. The van der Waals surface area contributed by atoms with Crippen LogP contribution in [0.5, 0.6) is 0 Å². The third-order valence-corrected chi connectivity index (χ3v) is 8.84. The molecule has 9 heteroatoms. The molecule has 9 nitrogen and oxygen atoms in total. The molecule has 0 saturated heterocycles. The van der Waals surface area contributed by atoms with Crippen LogP contribution in [0.25, 0.3) is 22.5 Å². The number of nitrogens with zero attached hydrogens (tertiary/aromatic N) is 5. The van der Waals surface area contributed by atoms with Gasteiger partial charge in [0.2, 0.25) is 5.82 Å². The number of carbonyl (C=O) groups excluding carboxylic acids is 1. The lowest BCUT2D eigenvalue weighted by atomic mass is 9.91. The second-order valence-corrected chi connectivity index (χ2v) is 11.3. The Kier molecular flexibility index (Phi) is 7.85. The molecule has 1 N–H and O–H groups in total. The topological polar surface area (TPSA) is 108 Å². The number of hydrogen-bond acceptors (Lipinski definition) is 6. The molecule has 1 aliphatic carbocycles. The first-order chi connectivity index (χ1) is 20.1. The summed E-state index contributed by atoms with van der Waals surface area (Å²) in [5, 5.41) is 14.6. The molecule has 1 aliphatic heterocycles. The standard InChI is InChI=1S/C32H38N6O3/c1-3-8-29-27(19-21-12-14-22(15-13-21)25-9-5-6-10-26(25)30-33-35-36-34-30)31(39)37-18-7-11-28(38(29)37)23-16-17-24(20-23)32(40)41-4-2/h5-6,9-10,12-15,23-24,28H,3-4,7-8,11,16-20H2,1-2H3,(H,33,34,35,36). The van der Waals surface area contributed by atoms with Crippen LogP contribution in [0.1, 0.15) is 75.2 Å². The summed E-state index contributed by atoms with van der Waals surface area (Å²) in [5.41, 5.74) is 6.36. The minimum absolute atomic E-state index is 0.0181. The van der Waals surface area contributed by atoms with Crippen LogP contribution in [0.3, 0.4) is 0 Å². The zero-order valence-corrected chi connectivity index (χ0v) is 23.9. The number of tetrazole rings is 1. The van der Waals surface area contributed by atoms with Gasteiger partial charge in [-0.1, -0.05) is 61.9 Å². The monoisotopic (exact) mass is 554 g/mol. The molecule has 3 unspecified atom stereocenters. The molecular weight excluding hydrogens is 516 g/mol. The highest BCUT2D eigenvalue weighted by molar-refractivity contribution is 5.80. The summed E-state index contributed by atoms with van der Waals surface area (Å²) in [7, 11) is 0. The smallest absolute Gasteiger partial charge is 0.308 e. The van der Waals surface area contributed by atoms with Gasteiger partial charge in [-0.2, -0.15) is 5.21 Å². The number of benzene rings is 2. The average Bonchev–Trinajstić information content (AvgIpc) is 3.76. The predicted molar refractivity (Wildman–Crippen MR) is 156 cm³/mol. The van der Waals surface area contributed by atoms with Crippen LogP contribution < -0.4 is 5.56 Å². The van der Waals surface area contributed by atoms with Crippen LogP contribution in [0.15, 0.2) is 53.3 Å². The highest BCUT2D eigenvalue weighted by atomic mass is 16.5. The summed E-state index contributed by atoms with van der Waals surface area (Å²) in [6, 6.07) is 16.8. The lowest BCUT2D eigenvalue weighted by Gasteiger charge is -2.33. The summed E-state index contributed by atoms with van der Waals surface area (Å²) < 4.78 is 9.68. The first kappa shape index (κ1) is 27.2. The first-order valence-electron chi connectivity index (χ1n) is 15.0. The van der Waals surface area contributed by atoms with E-state index in [1.807, 2.05) is 29.8 Å². The lowest BCUT2D eigenvalue weighted by Crippen LogP contribution is -2.34. The van der Waals surface area contributed by atoms with Crippen molar-refractivity contribution in [1.29, 1.82) is 0 Å². The van der Waals surface area contributed by atoms with Crippen LogP contribution >= 0.6 is 0 Å². The highest BCUT2D eigenvalue weighted by Gasteiger charge is 2.39. The van der Waals surface area contributed by atoms with Crippen molar-refractivity contribution in [1.82, 2.24) is 30.0 Å². The van der Waals surface area contributed by atoms with Gasteiger partial charge in [-0.3, -0.25) is 14.3 Å². The number of ether oxygens (including phenoxy) is 1. The Bertz CT molecular complexity index is 1550. The molecule has 0 spiro atoms. The third kappa shape index (κ3) is 5.25. The van der Waals surface area contributed by atoms with Gasteiger partial charge in [0.15, 0.2) is 0 Å².